The highest BCUT2D eigenvalue weighted by atomic mass is 35.5. The van der Waals surface area contributed by atoms with Crippen molar-refractivity contribution in [3.05, 3.63) is 89.3 Å². The Balaban J connectivity index is 1.34. The van der Waals surface area contributed by atoms with Crippen molar-refractivity contribution in [2.45, 2.75) is 6.61 Å². The van der Waals surface area contributed by atoms with E-state index in [-0.39, 0.29) is 12.5 Å². The van der Waals surface area contributed by atoms with Crippen LogP contribution in [0, 0.1) is 0 Å². The fourth-order valence-corrected chi connectivity index (χ4v) is 4.04. The number of benzene rings is 2. The summed E-state index contributed by atoms with van der Waals surface area (Å²) in [5, 5.41) is 1.51. The number of para-hydroxylation sites is 2. The van der Waals surface area contributed by atoms with Crippen LogP contribution in [0.25, 0.3) is 11.0 Å². The zero-order chi connectivity index (χ0) is 21.9. The molecule has 2 aromatic carbocycles. The van der Waals surface area contributed by atoms with Crippen molar-refractivity contribution in [1.29, 1.82) is 0 Å². The van der Waals surface area contributed by atoms with Gasteiger partial charge in [0.15, 0.2) is 5.76 Å². The molecule has 1 fully saturated rings. The molecule has 4 aromatic rings. The number of ether oxygens (including phenoxy) is 1. The minimum Gasteiger partial charge on any atom is -0.489 e. The topological polar surface area (TPSA) is 58.8 Å². The average molecular weight is 448 g/mol. The smallest absolute Gasteiger partial charge is 0.290 e. The van der Waals surface area contributed by atoms with E-state index in [2.05, 4.69) is 9.88 Å². The number of rotatable bonds is 5. The summed E-state index contributed by atoms with van der Waals surface area (Å²) in [7, 11) is 0. The first-order valence-electron chi connectivity index (χ1n) is 10.5. The summed E-state index contributed by atoms with van der Waals surface area (Å²) in [5.41, 5.74) is 1.46. The number of pyridine rings is 1. The van der Waals surface area contributed by atoms with E-state index in [9.17, 15) is 4.79 Å². The van der Waals surface area contributed by atoms with Crippen molar-refractivity contribution in [1.82, 2.24) is 9.88 Å². The van der Waals surface area contributed by atoms with Crippen molar-refractivity contribution in [2.75, 3.05) is 31.1 Å². The molecule has 0 bridgehead atoms. The van der Waals surface area contributed by atoms with E-state index < -0.39 is 0 Å². The fourth-order valence-electron chi connectivity index (χ4n) is 3.92. The standard InChI is InChI=1S/C25H22ClN3O3/c26-18-10-11-23(27-16-18)28-12-14-29(15-13-28)25(30)24-21(17-31-19-6-2-1-3-7-19)20-8-4-5-9-22(20)32-24/h1-11,16H,12-15,17H2. The van der Waals surface area contributed by atoms with Crippen LogP contribution in [0.15, 0.2) is 77.3 Å². The molecule has 7 heteroatoms. The van der Waals surface area contributed by atoms with E-state index in [0.29, 0.717) is 42.5 Å². The molecule has 0 aliphatic carbocycles. The first kappa shape index (κ1) is 20.4. The number of carbonyl (C=O) groups is 1. The van der Waals surface area contributed by atoms with Gasteiger partial charge in [0.05, 0.1) is 5.02 Å². The van der Waals surface area contributed by atoms with Crippen LogP contribution in [0.2, 0.25) is 5.02 Å². The Morgan fingerprint density at radius 3 is 2.47 bits per heavy atom. The third kappa shape index (κ3) is 4.14. The molecule has 1 aliphatic rings. The van der Waals surface area contributed by atoms with E-state index in [1.165, 1.54) is 0 Å². The van der Waals surface area contributed by atoms with Crippen LogP contribution in [0.3, 0.4) is 0 Å². The Kier molecular flexibility index (Phi) is 5.69. The van der Waals surface area contributed by atoms with Crippen LogP contribution >= 0.6 is 11.6 Å². The molecule has 1 aliphatic heterocycles. The average Bonchev–Trinajstić information content (AvgIpc) is 3.22. The number of furan rings is 1. The first-order valence-corrected chi connectivity index (χ1v) is 10.9. The largest absolute Gasteiger partial charge is 0.489 e. The lowest BCUT2D eigenvalue weighted by atomic mass is 10.1. The third-order valence-corrected chi connectivity index (χ3v) is 5.85. The summed E-state index contributed by atoms with van der Waals surface area (Å²) < 4.78 is 12.0. The number of nitrogens with zero attached hydrogens (tertiary/aromatic N) is 3. The normalized spacial score (nSPS) is 14.0. The predicted octanol–water partition coefficient (Wildman–Crippen LogP) is 5.02. The van der Waals surface area contributed by atoms with E-state index in [1.54, 1.807) is 6.20 Å². The van der Waals surface area contributed by atoms with Gasteiger partial charge >= 0.3 is 0 Å². The maximum Gasteiger partial charge on any atom is 0.290 e. The van der Waals surface area contributed by atoms with Gasteiger partial charge in [-0.1, -0.05) is 48.0 Å². The highest BCUT2D eigenvalue weighted by Crippen LogP contribution is 2.29. The van der Waals surface area contributed by atoms with Crippen LogP contribution < -0.4 is 9.64 Å². The second kappa shape index (κ2) is 8.93. The summed E-state index contributed by atoms with van der Waals surface area (Å²) in [6.45, 7) is 2.81. The van der Waals surface area contributed by atoms with Gasteiger partial charge in [-0.3, -0.25) is 4.79 Å². The summed E-state index contributed by atoms with van der Waals surface area (Å²) in [4.78, 5) is 21.8. The summed E-state index contributed by atoms with van der Waals surface area (Å²) in [5.74, 6) is 1.85. The Morgan fingerprint density at radius 1 is 0.969 bits per heavy atom. The molecule has 0 N–H and O–H groups in total. The van der Waals surface area contributed by atoms with Crippen molar-refractivity contribution in [3.63, 3.8) is 0 Å². The zero-order valence-corrected chi connectivity index (χ0v) is 18.2. The molecule has 3 heterocycles. The van der Waals surface area contributed by atoms with Crippen LogP contribution in [-0.4, -0.2) is 42.0 Å². The molecule has 0 radical (unpaired) electrons. The van der Waals surface area contributed by atoms with Gasteiger partial charge < -0.3 is 19.0 Å². The molecule has 5 rings (SSSR count). The van der Waals surface area contributed by atoms with Gasteiger partial charge in [-0.05, 0) is 30.3 Å². The van der Waals surface area contributed by atoms with Crippen LogP contribution in [0.5, 0.6) is 5.75 Å². The maximum atomic E-state index is 13.4. The summed E-state index contributed by atoms with van der Waals surface area (Å²) in [6, 6.07) is 21.0. The number of carbonyl (C=O) groups excluding carboxylic acids is 1. The molecular weight excluding hydrogens is 426 g/mol. The summed E-state index contributed by atoms with van der Waals surface area (Å²) >= 11 is 5.94. The summed E-state index contributed by atoms with van der Waals surface area (Å²) in [6.07, 6.45) is 1.64. The highest BCUT2D eigenvalue weighted by Gasteiger charge is 2.28. The molecule has 1 amide bonds. The van der Waals surface area contributed by atoms with Crippen molar-refractivity contribution in [3.8, 4) is 5.75 Å². The van der Waals surface area contributed by atoms with Gasteiger partial charge in [-0.25, -0.2) is 4.98 Å². The number of piperazine rings is 1. The highest BCUT2D eigenvalue weighted by molar-refractivity contribution is 6.30. The molecule has 162 valence electrons. The fraction of sp³-hybridized carbons (Fsp3) is 0.200. The second-order valence-corrected chi connectivity index (χ2v) is 8.06. The van der Waals surface area contributed by atoms with Crippen LogP contribution in [0.1, 0.15) is 16.1 Å². The van der Waals surface area contributed by atoms with Crippen molar-refractivity contribution in [2.24, 2.45) is 0 Å². The Hall–Kier alpha value is -3.51. The quantitative estimate of drug-likeness (QED) is 0.430. The van der Waals surface area contributed by atoms with E-state index in [4.69, 9.17) is 20.8 Å². The minimum absolute atomic E-state index is 0.114. The second-order valence-electron chi connectivity index (χ2n) is 7.62. The van der Waals surface area contributed by atoms with Crippen LogP contribution in [0.4, 0.5) is 5.82 Å². The lowest BCUT2D eigenvalue weighted by molar-refractivity contribution is 0.0713. The lowest BCUT2D eigenvalue weighted by Gasteiger charge is -2.35. The number of hydrogen-bond donors (Lipinski definition) is 0. The van der Waals surface area contributed by atoms with Crippen molar-refractivity contribution < 1.29 is 13.9 Å². The molecule has 1 saturated heterocycles. The predicted molar refractivity (Wildman–Crippen MR) is 124 cm³/mol. The molecule has 2 aromatic heterocycles. The number of anilines is 1. The first-order chi connectivity index (χ1) is 15.7. The monoisotopic (exact) mass is 447 g/mol. The lowest BCUT2D eigenvalue weighted by Crippen LogP contribution is -2.49. The van der Waals surface area contributed by atoms with E-state index >= 15 is 0 Å². The van der Waals surface area contributed by atoms with Gasteiger partial charge in [0.25, 0.3) is 5.91 Å². The van der Waals surface area contributed by atoms with Crippen LogP contribution in [-0.2, 0) is 6.61 Å². The van der Waals surface area contributed by atoms with Crippen molar-refractivity contribution >= 4 is 34.3 Å². The van der Waals surface area contributed by atoms with Gasteiger partial charge in [-0.2, -0.15) is 0 Å². The number of amides is 1. The number of aromatic nitrogens is 1. The maximum absolute atomic E-state index is 13.4. The Labute approximate surface area is 191 Å². The number of hydrogen-bond acceptors (Lipinski definition) is 5. The molecule has 32 heavy (non-hydrogen) atoms. The van der Waals surface area contributed by atoms with Gasteiger partial charge in [-0.15, -0.1) is 0 Å². The SMILES string of the molecule is O=C(c1oc2ccccc2c1COc1ccccc1)N1CCN(c2ccc(Cl)cn2)CC1. The molecule has 0 spiro atoms. The Bertz CT molecular complexity index is 1220. The third-order valence-electron chi connectivity index (χ3n) is 5.62. The van der Waals surface area contributed by atoms with Gasteiger partial charge in [0, 0.05) is 43.3 Å². The zero-order valence-electron chi connectivity index (χ0n) is 17.4. The Morgan fingerprint density at radius 2 is 1.72 bits per heavy atom. The molecule has 0 atom stereocenters. The van der Waals surface area contributed by atoms with Gasteiger partial charge in [0.2, 0.25) is 0 Å². The molecule has 6 nitrogen and oxygen atoms in total. The number of fused-ring (bicyclic) bond motifs is 1. The van der Waals surface area contributed by atoms with E-state index in [1.807, 2.05) is 71.6 Å². The molecular formula is C25H22ClN3O3. The van der Waals surface area contributed by atoms with Gasteiger partial charge in [0.1, 0.15) is 23.8 Å². The van der Waals surface area contributed by atoms with E-state index in [0.717, 1.165) is 22.5 Å². The number of halogens is 1. The molecule has 0 unspecified atom stereocenters. The minimum atomic E-state index is -0.114. The molecule has 0 saturated carbocycles.